The SMILES string of the molecule is CCOC(=O)c1ccc(NC(=O)[C@H]2CN(S(C)(=O)=O)c3cc(C)ccc3O2)cc1. The third-order valence-electron chi connectivity index (χ3n) is 4.34. The van der Waals surface area contributed by atoms with Gasteiger partial charge in [-0.15, -0.1) is 0 Å². The van der Waals surface area contributed by atoms with Crippen molar-refractivity contribution in [2.24, 2.45) is 0 Å². The van der Waals surface area contributed by atoms with E-state index in [-0.39, 0.29) is 13.2 Å². The van der Waals surface area contributed by atoms with E-state index in [9.17, 15) is 18.0 Å². The van der Waals surface area contributed by atoms with E-state index in [4.69, 9.17) is 9.47 Å². The van der Waals surface area contributed by atoms with E-state index in [1.165, 1.54) is 16.4 Å². The van der Waals surface area contributed by atoms with Crippen LogP contribution >= 0.6 is 0 Å². The highest BCUT2D eigenvalue weighted by molar-refractivity contribution is 7.92. The second kappa shape index (κ2) is 8.12. The van der Waals surface area contributed by atoms with Crippen LogP contribution in [0.5, 0.6) is 5.75 Å². The number of sulfonamides is 1. The third-order valence-corrected chi connectivity index (χ3v) is 5.49. The van der Waals surface area contributed by atoms with Gasteiger partial charge >= 0.3 is 5.97 Å². The Kier molecular flexibility index (Phi) is 5.78. The fourth-order valence-electron chi connectivity index (χ4n) is 2.94. The summed E-state index contributed by atoms with van der Waals surface area (Å²) < 4.78 is 36.3. The van der Waals surface area contributed by atoms with Crippen LogP contribution < -0.4 is 14.4 Å². The van der Waals surface area contributed by atoms with Crippen molar-refractivity contribution in [3.8, 4) is 5.75 Å². The van der Waals surface area contributed by atoms with Gasteiger partial charge in [-0.1, -0.05) is 6.07 Å². The van der Waals surface area contributed by atoms with Crippen LogP contribution in [0, 0.1) is 6.92 Å². The van der Waals surface area contributed by atoms with Gasteiger partial charge in [0, 0.05) is 5.69 Å². The lowest BCUT2D eigenvalue weighted by atomic mass is 10.1. The molecule has 2 aromatic rings. The second-order valence-electron chi connectivity index (χ2n) is 6.66. The van der Waals surface area contributed by atoms with Gasteiger partial charge in [0.1, 0.15) is 5.75 Å². The molecule has 9 heteroatoms. The molecule has 0 saturated carbocycles. The summed E-state index contributed by atoms with van der Waals surface area (Å²) in [7, 11) is -3.59. The highest BCUT2D eigenvalue weighted by Crippen LogP contribution is 2.36. The van der Waals surface area contributed by atoms with E-state index >= 15 is 0 Å². The van der Waals surface area contributed by atoms with Crippen molar-refractivity contribution in [1.29, 1.82) is 0 Å². The first-order chi connectivity index (χ1) is 13.7. The van der Waals surface area contributed by atoms with Crippen molar-refractivity contribution in [2.75, 3.05) is 29.0 Å². The van der Waals surface area contributed by atoms with Crippen LogP contribution in [-0.4, -0.2) is 45.8 Å². The van der Waals surface area contributed by atoms with Crippen LogP contribution in [0.2, 0.25) is 0 Å². The van der Waals surface area contributed by atoms with Gasteiger partial charge in [-0.3, -0.25) is 9.10 Å². The average molecular weight is 418 g/mol. The quantitative estimate of drug-likeness (QED) is 0.748. The fraction of sp³-hybridized carbons (Fsp3) is 0.300. The van der Waals surface area contributed by atoms with Crippen LogP contribution in [0.3, 0.4) is 0 Å². The van der Waals surface area contributed by atoms with E-state index in [0.29, 0.717) is 22.7 Å². The summed E-state index contributed by atoms with van der Waals surface area (Å²) in [5, 5.41) is 2.69. The van der Waals surface area contributed by atoms with Crippen molar-refractivity contribution in [3.63, 3.8) is 0 Å². The van der Waals surface area contributed by atoms with Crippen LogP contribution in [0.4, 0.5) is 11.4 Å². The van der Waals surface area contributed by atoms with Crippen molar-refractivity contribution >= 4 is 33.3 Å². The zero-order chi connectivity index (χ0) is 21.2. The largest absolute Gasteiger partial charge is 0.476 e. The number of hydrogen-bond acceptors (Lipinski definition) is 6. The monoisotopic (exact) mass is 418 g/mol. The summed E-state index contributed by atoms with van der Waals surface area (Å²) in [6.45, 7) is 3.70. The molecule has 0 unspecified atom stereocenters. The number of amides is 1. The number of hydrogen-bond donors (Lipinski definition) is 1. The standard InChI is InChI=1S/C20H22N2O6S/c1-4-27-20(24)14-6-8-15(9-7-14)21-19(23)18-12-22(29(3,25)26)16-11-13(2)5-10-17(16)28-18/h5-11,18H,4,12H2,1-3H3,(H,21,23)/t18-/m1/s1. The van der Waals surface area contributed by atoms with Gasteiger partial charge < -0.3 is 14.8 Å². The predicted octanol–water partition coefficient (Wildman–Crippen LogP) is 2.34. The van der Waals surface area contributed by atoms with Crippen LogP contribution in [0.1, 0.15) is 22.8 Å². The maximum absolute atomic E-state index is 12.7. The number of esters is 1. The number of carbonyl (C=O) groups excluding carboxylic acids is 2. The summed E-state index contributed by atoms with van der Waals surface area (Å²) in [5.74, 6) is -0.615. The number of benzene rings is 2. The summed E-state index contributed by atoms with van der Waals surface area (Å²) in [4.78, 5) is 24.4. The molecule has 8 nitrogen and oxygen atoms in total. The highest BCUT2D eigenvalue weighted by Gasteiger charge is 2.35. The van der Waals surface area contributed by atoms with Crippen molar-refractivity contribution in [1.82, 2.24) is 0 Å². The molecular formula is C20H22N2O6S. The van der Waals surface area contributed by atoms with Crippen molar-refractivity contribution in [2.45, 2.75) is 20.0 Å². The lowest BCUT2D eigenvalue weighted by Crippen LogP contribution is -2.48. The number of ether oxygens (including phenoxy) is 2. The molecule has 0 aromatic heterocycles. The molecule has 0 saturated heterocycles. The number of nitrogens with zero attached hydrogens (tertiary/aromatic N) is 1. The van der Waals surface area contributed by atoms with Gasteiger partial charge in [0.05, 0.1) is 30.7 Å². The normalized spacial score (nSPS) is 15.8. The minimum atomic E-state index is -3.59. The molecular weight excluding hydrogens is 396 g/mol. The van der Waals surface area contributed by atoms with Crippen LogP contribution in [0.25, 0.3) is 0 Å². The van der Waals surface area contributed by atoms with E-state index in [1.807, 2.05) is 6.92 Å². The summed E-state index contributed by atoms with van der Waals surface area (Å²) >= 11 is 0. The molecule has 0 radical (unpaired) electrons. The summed E-state index contributed by atoms with van der Waals surface area (Å²) in [5.41, 5.74) is 2.11. The zero-order valence-electron chi connectivity index (χ0n) is 16.3. The highest BCUT2D eigenvalue weighted by atomic mass is 32.2. The first-order valence-electron chi connectivity index (χ1n) is 9.02. The Morgan fingerprint density at radius 1 is 1.21 bits per heavy atom. The maximum atomic E-state index is 12.7. The molecule has 1 amide bonds. The summed E-state index contributed by atoms with van der Waals surface area (Å²) in [6, 6.07) is 11.4. The third kappa shape index (κ3) is 4.68. The zero-order valence-corrected chi connectivity index (χ0v) is 17.2. The molecule has 29 heavy (non-hydrogen) atoms. The van der Waals surface area contributed by atoms with Gasteiger partial charge in [0.25, 0.3) is 5.91 Å². The predicted molar refractivity (Wildman–Crippen MR) is 109 cm³/mol. The molecule has 0 bridgehead atoms. The van der Waals surface area contributed by atoms with E-state index < -0.39 is 28.0 Å². The first-order valence-corrected chi connectivity index (χ1v) is 10.9. The fourth-order valence-corrected chi connectivity index (χ4v) is 3.84. The van der Waals surface area contributed by atoms with Crippen molar-refractivity contribution < 1.29 is 27.5 Å². The number of aryl methyl sites for hydroxylation is 1. The Morgan fingerprint density at radius 3 is 2.52 bits per heavy atom. The first kappa shape index (κ1) is 20.7. The summed E-state index contributed by atoms with van der Waals surface area (Å²) in [6.07, 6.45) is 0.0673. The molecule has 0 aliphatic carbocycles. The molecule has 0 fully saturated rings. The smallest absolute Gasteiger partial charge is 0.338 e. The lowest BCUT2D eigenvalue weighted by Gasteiger charge is -2.34. The van der Waals surface area contributed by atoms with Gasteiger partial charge in [-0.25, -0.2) is 13.2 Å². The molecule has 0 spiro atoms. The lowest BCUT2D eigenvalue weighted by molar-refractivity contribution is -0.122. The number of rotatable bonds is 5. The molecule has 154 valence electrons. The molecule has 1 heterocycles. The Hall–Kier alpha value is -3.07. The minimum Gasteiger partial charge on any atom is -0.476 e. The van der Waals surface area contributed by atoms with Crippen LogP contribution in [0.15, 0.2) is 42.5 Å². The maximum Gasteiger partial charge on any atom is 0.338 e. The van der Waals surface area contributed by atoms with Gasteiger partial charge in [0.15, 0.2) is 6.10 Å². The Balaban J connectivity index is 1.78. The van der Waals surface area contributed by atoms with Gasteiger partial charge in [-0.2, -0.15) is 0 Å². The topological polar surface area (TPSA) is 102 Å². The minimum absolute atomic E-state index is 0.137. The van der Waals surface area contributed by atoms with E-state index in [2.05, 4.69) is 5.32 Å². The molecule has 1 atom stereocenters. The molecule has 1 aliphatic heterocycles. The average Bonchev–Trinajstić information content (AvgIpc) is 2.67. The number of nitrogens with one attached hydrogen (secondary N) is 1. The second-order valence-corrected chi connectivity index (χ2v) is 8.57. The molecule has 1 aliphatic rings. The Morgan fingerprint density at radius 2 is 1.90 bits per heavy atom. The van der Waals surface area contributed by atoms with Gasteiger partial charge in [0.2, 0.25) is 10.0 Å². The molecule has 1 N–H and O–H groups in total. The molecule has 3 rings (SSSR count). The van der Waals surface area contributed by atoms with Crippen LogP contribution in [-0.2, 0) is 19.6 Å². The number of fused-ring (bicyclic) bond motifs is 1. The van der Waals surface area contributed by atoms with Gasteiger partial charge in [-0.05, 0) is 55.8 Å². The van der Waals surface area contributed by atoms with E-state index in [0.717, 1.165) is 11.8 Å². The number of anilines is 2. The Labute approximate surface area is 169 Å². The van der Waals surface area contributed by atoms with Crippen molar-refractivity contribution in [3.05, 3.63) is 53.6 Å². The molecule has 2 aromatic carbocycles. The number of carbonyl (C=O) groups is 2. The Bertz CT molecular complexity index is 1030. The van der Waals surface area contributed by atoms with E-state index in [1.54, 1.807) is 37.3 Å².